The van der Waals surface area contributed by atoms with Gasteiger partial charge >= 0.3 is 29.8 Å². The smallest absolute Gasteiger partial charge is 0.317 e. The molecule has 0 amide bonds. The highest BCUT2D eigenvalue weighted by molar-refractivity contribution is 5.72. The summed E-state index contributed by atoms with van der Waals surface area (Å²) in [6, 6.07) is 0. The molecule has 236 valence electrons. The largest absolute Gasteiger partial charge is 0.480 e. The van der Waals surface area contributed by atoms with Crippen LogP contribution in [0.4, 0.5) is 0 Å². The van der Waals surface area contributed by atoms with E-state index in [9.17, 15) is 39.3 Å². The Morgan fingerprint density at radius 2 is 0.829 bits per heavy atom. The number of hydrogen-bond donors (Lipinski definition) is 5. The van der Waals surface area contributed by atoms with E-state index in [-0.39, 0.29) is 46.0 Å². The highest BCUT2D eigenvalue weighted by Crippen LogP contribution is 2.02. The summed E-state index contributed by atoms with van der Waals surface area (Å²) < 4.78 is 11.0. The molecule has 1 aliphatic rings. The molecule has 0 saturated carbocycles. The van der Waals surface area contributed by atoms with Crippen molar-refractivity contribution < 1.29 is 59.0 Å². The summed E-state index contributed by atoms with van der Waals surface area (Å²) in [5.41, 5.74) is 0. The van der Waals surface area contributed by atoms with Gasteiger partial charge in [0.05, 0.1) is 59.2 Å². The van der Waals surface area contributed by atoms with E-state index in [1.807, 2.05) is 0 Å². The zero-order valence-electron chi connectivity index (χ0n) is 23.3. The van der Waals surface area contributed by atoms with Crippen molar-refractivity contribution in [2.24, 2.45) is 0 Å². The summed E-state index contributed by atoms with van der Waals surface area (Å²) in [5.74, 6) is -5.25. The lowest BCUT2D eigenvalue weighted by atomic mass is 10.3. The highest BCUT2D eigenvalue weighted by atomic mass is 16.5. The van der Waals surface area contributed by atoms with Crippen molar-refractivity contribution >= 4 is 29.8 Å². The molecular weight excluding hydrogens is 550 g/mol. The van der Waals surface area contributed by atoms with E-state index < -0.39 is 42.9 Å². The van der Waals surface area contributed by atoms with E-state index in [1.165, 1.54) is 4.90 Å². The molecular formula is C24H43N5O12. The molecule has 0 aromatic carbocycles. The molecule has 1 rings (SSSR count). The fourth-order valence-electron chi connectivity index (χ4n) is 4.16. The molecule has 0 unspecified atom stereocenters. The minimum absolute atomic E-state index is 0.138. The van der Waals surface area contributed by atoms with E-state index in [0.29, 0.717) is 65.5 Å². The zero-order chi connectivity index (χ0) is 30.6. The Bertz CT molecular complexity index is 785. The topological polar surface area (TPSA) is 221 Å². The molecule has 5 N–H and O–H groups in total. The molecule has 0 bridgehead atoms. The first-order chi connectivity index (χ1) is 19.4. The minimum atomic E-state index is -1.13. The van der Waals surface area contributed by atoms with Crippen LogP contribution in [0.3, 0.4) is 0 Å². The number of carbonyl (C=O) groups is 5. The van der Waals surface area contributed by atoms with Crippen molar-refractivity contribution in [3.05, 3.63) is 0 Å². The second-order valence-corrected chi connectivity index (χ2v) is 9.57. The van der Waals surface area contributed by atoms with Gasteiger partial charge < -0.3 is 35.0 Å². The van der Waals surface area contributed by atoms with Gasteiger partial charge in [-0.05, 0) is 0 Å². The van der Waals surface area contributed by atoms with Crippen LogP contribution in [0.15, 0.2) is 0 Å². The molecule has 17 heteroatoms. The lowest BCUT2D eigenvalue weighted by Crippen LogP contribution is -2.48. The molecule has 1 fully saturated rings. The maximum Gasteiger partial charge on any atom is 0.317 e. The lowest BCUT2D eigenvalue weighted by Gasteiger charge is -2.33. The van der Waals surface area contributed by atoms with Gasteiger partial charge in [-0.25, -0.2) is 0 Å². The fraction of sp³-hybridized carbons (Fsp3) is 0.792. The molecule has 0 radical (unpaired) electrons. The standard InChI is InChI=1S/C24H43N5O12/c30-20(31)15-26-3-1-25(2-4-27(16-21(32)33)6-8-28(7-5-26)17-22(34)35)9-11-40-13-14-41-12-10-29(18-23(36)37)19-24(38)39/h1-19H2,(H,30,31)(H,32,33)(H,34,35)(H,36,37)(H,38,39). The van der Waals surface area contributed by atoms with E-state index in [2.05, 4.69) is 4.90 Å². The highest BCUT2D eigenvalue weighted by Gasteiger charge is 2.20. The minimum Gasteiger partial charge on any atom is -0.480 e. The molecule has 41 heavy (non-hydrogen) atoms. The summed E-state index contributed by atoms with van der Waals surface area (Å²) in [6.07, 6.45) is 0. The first kappa shape index (κ1) is 36.1. The van der Waals surface area contributed by atoms with Gasteiger partial charge in [0.15, 0.2) is 0 Å². The van der Waals surface area contributed by atoms with Crippen molar-refractivity contribution in [2.45, 2.75) is 0 Å². The van der Waals surface area contributed by atoms with Crippen molar-refractivity contribution in [2.75, 3.05) is 125 Å². The van der Waals surface area contributed by atoms with Crippen molar-refractivity contribution in [3.8, 4) is 0 Å². The predicted molar refractivity (Wildman–Crippen MR) is 142 cm³/mol. The molecule has 0 aromatic heterocycles. The summed E-state index contributed by atoms with van der Waals surface area (Å²) in [5, 5.41) is 45.6. The number of carboxylic acid groups (broad SMARTS) is 5. The van der Waals surface area contributed by atoms with Crippen LogP contribution in [0, 0.1) is 0 Å². The Balaban J connectivity index is 2.59. The van der Waals surface area contributed by atoms with E-state index in [0.717, 1.165) is 0 Å². The van der Waals surface area contributed by atoms with Crippen molar-refractivity contribution in [3.63, 3.8) is 0 Å². The summed E-state index contributed by atoms with van der Waals surface area (Å²) in [4.78, 5) is 64.1. The molecule has 1 aliphatic heterocycles. The van der Waals surface area contributed by atoms with E-state index in [1.54, 1.807) is 14.7 Å². The van der Waals surface area contributed by atoms with E-state index in [4.69, 9.17) is 19.7 Å². The summed E-state index contributed by atoms with van der Waals surface area (Å²) >= 11 is 0. The third-order valence-electron chi connectivity index (χ3n) is 6.20. The van der Waals surface area contributed by atoms with Gasteiger partial charge in [0.2, 0.25) is 0 Å². The first-order valence-electron chi connectivity index (χ1n) is 13.3. The number of ether oxygens (including phenoxy) is 2. The van der Waals surface area contributed by atoms with Gasteiger partial charge in [0.1, 0.15) is 0 Å². The number of nitrogens with zero attached hydrogens (tertiary/aromatic N) is 5. The number of rotatable bonds is 19. The second-order valence-electron chi connectivity index (χ2n) is 9.57. The molecule has 1 heterocycles. The maximum atomic E-state index is 11.4. The van der Waals surface area contributed by atoms with Gasteiger partial charge in [-0.1, -0.05) is 0 Å². The molecule has 17 nitrogen and oxygen atoms in total. The van der Waals surface area contributed by atoms with Crippen LogP contribution in [0.1, 0.15) is 0 Å². The van der Waals surface area contributed by atoms with Crippen molar-refractivity contribution in [1.82, 2.24) is 24.5 Å². The van der Waals surface area contributed by atoms with Gasteiger partial charge in [-0.3, -0.25) is 48.5 Å². The average Bonchev–Trinajstić information content (AvgIpc) is 2.84. The zero-order valence-corrected chi connectivity index (χ0v) is 23.3. The Labute approximate surface area is 238 Å². The normalized spacial score (nSPS) is 17.1. The lowest BCUT2D eigenvalue weighted by molar-refractivity contribution is -0.142. The van der Waals surface area contributed by atoms with Crippen LogP contribution in [0.2, 0.25) is 0 Å². The number of hydrogen-bond acceptors (Lipinski definition) is 12. The average molecular weight is 594 g/mol. The SMILES string of the molecule is O=C(O)CN1CCN(CCOCCOCCN(CC(=O)O)CC(=O)O)CCN(CC(=O)O)CCN(CC(=O)O)CC1. The monoisotopic (exact) mass is 593 g/mol. The molecule has 0 aromatic rings. The maximum absolute atomic E-state index is 11.4. The van der Waals surface area contributed by atoms with E-state index >= 15 is 0 Å². The van der Waals surface area contributed by atoms with Crippen LogP contribution in [-0.4, -0.2) is 204 Å². The van der Waals surface area contributed by atoms with Crippen LogP contribution >= 0.6 is 0 Å². The van der Waals surface area contributed by atoms with Crippen LogP contribution in [0.5, 0.6) is 0 Å². The molecule has 0 atom stereocenters. The Morgan fingerprint density at radius 1 is 0.488 bits per heavy atom. The fourth-order valence-corrected chi connectivity index (χ4v) is 4.16. The summed E-state index contributed by atoms with van der Waals surface area (Å²) in [7, 11) is 0. The second kappa shape index (κ2) is 20.9. The predicted octanol–water partition coefficient (Wildman–Crippen LogP) is -3.03. The molecule has 1 saturated heterocycles. The quantitative estimate of drug-likeness (QED) is 0.0940. The van der Waals surface area contributed by atoms with Crippen LogP contribution in [-0.2, 0) is 33.4 Å². The third kappa shape index (κ3) is 19.7. The van der Waals surface area contributed by atoms with Gasteiger partial charge in [-0.15, -0.1) is 0 Å². The molecule has 0 aliphatic carbocycles. The molecule has 0 spiro atoms. The van der Waals surface area contributed by atoms with Crippen molar-refractivity contribution in [1.29, 1.82) is 0 Å². The third-order valence-corrected chi connectivity index (χ3v) is 6.20. The Kier molecular flexibility index (Phi) is 18.4. The van der Waals surface area contributed by atoms with Gasteiger partial charge in [-0.2, -0.15) is 0 Å². The van der Waals surface area contributed by atoms with Crippen LogP contribution in [0.25, 0.3) is 0 Å². The van der Waals surface area contributed by atoms with Gasteiger partial charge in [0.25, 0.3) is 0 Å². The number of aliphatic carboxylic acids is 5. The number of carboxylic acids is 5. The summed E-state index contributed by atoms with van der Waals surface area (Å²) in [6.45, 7) is 3.33. The first-order valence-corrected chi connectivity index (χ1v) is 13.3. The van der Waals surface area contributed by atoms with Crippen LogP contribution < -0.4 is 0 Å². The van der Waals surface area contributed by atoms with Gasteiger partial charge in [0, 0.05) is 65.4 Å². The Hall–Kier alpha value is -2.93. The Morgan fingerprint density at radius 3 is 1.17 bits per heavy atom.